The van der Waals surface area contributed by atoms with E-state index in [2.05, 4.69) is 0 Å². The standard InChI is InChI=1S/C25H23FO4/c26-25-13-21(30-16-29-20-7-3-18(4-8-20)12-23-15-28-23)9-10-24(25)19-5-1-17(2-6-19)11-22-14-27-22/h1-10,13,22-23H,11-12,14-16H2. The Morgan fingerprint density at radius 1 is 0.733 bits per heavy atom. The van der Waals surface area contributed by atoms with E-state index in [9.17, 15) is 4.39 Å². The lowest BCUT2D eigenvalue weighted by molar-refractivity contribution is 0.119. The monoisotopic (exact) mass is 406 g/mol. The van der Waals surface area contributed by atoms with Crippen molar-refractivity contribution in [1.29, 1.82) is 0 Å². The second-order valence-electron chi connectivity index (χ2n) is 7.71. The van der Waals surface area contributed by atoms with Crippen LogP contribution in [0.4, 0.5) is 4.39 Å². The Morgan fingerprint density at radius 2 is 1.27 bits per heavy atom. The van der Waals surface area contributed by atoms with Crippen molar-refractivity contribution in [3.63, 3.8) is 0 Å². The third-order valence-corrected chi connectivity index (χ3v) is 5.31. The lowest BCUT2D eigenvalue weighted by Gasteiger charge is -2.11. The van der Waals surface area contributed by atoms with Gasteiger partial charge in [-0.2, -0.15) is 0 Å². The van der Waals surface area contributed by atoms with Crippen molar-refractivity contribution < 1.29 is 23.3 Å². The SMILES string of the molecule is Fc1cc(OCOc2ccc(CC3CO3)cc2)ccc1-c1ccc(CC2CO2)cc1. The maximum Gasteiger partial charge on any atom is 0.230 e. The van der Waals surface area contributed by atoms with Gasteiger partial charge in [-0.3, -0.25) is 0 Å². The van der Waals surface area contributed by atoms with Crippen LogP contribution in [0.5, 0.6) is 11.5 Å². The molecule has 0 amide bonds. The van der Waals surface area contributed by atoms with Crippen molar-refractivity contribution in [3.8, 4) is 22.6 Å². The Hall–Kier alpha value is -2.89. The van der Waals surface area contributed by atoms with Crippen LogP contribution in [0, 0.1) is 5.82 Å². The zero-order valence-corrected chi connectivity index (χ0v) is 16.6. The molecule has 30 heavy (non-hydrogen) atoms. The zero-order chi connectivity index (χ0) is 20.3. The minimum atomic E-state index is -0.322. The molecule has 0 aromatic heterocycles. The largest absolute Gasteiger partial charge is 0.458 e. The number of epoxide rings is 2. The molecule has 0 spiro atoms. The van der Waals surface area contributed by atoms with Crippen LogP contribution in [-0.2, 0) is 22.3 Å². The van der Waals surface area contributed by atoms with Crippen molar-refractivity contribution in [2.24, 2.45) is 0 Å². The van der Waals surface area contributed by atoms with E-state index in [4.69, 9.17) is 18.9 Å². The van der Waals surface area contributed by atoms with E-state index in [1.54, 1.807) is 12.1 Å². The molecule has 5 rings (SSSR count). The van der Waals surface area contributed by atoms with Gasteiger partial charge in [0.2, 0.25) is 6.79 Å². The Balaban J connectivity index is 1.15. The Kier molecular flexibility index (Phi) is 5.39. The minimum absolute atomic E-state index is 0.0157. The second-order valence-corrected chi connectivity index (χ2v) is 7.71. The van der Waals surface area contributed by atoms with Crippen LogP contribution in [0.3, 0.4) is 0 Å². The molecule has 0 radical (unpaired) electrons. The normalized spacial score (nSPS) is 19.4. The van der Waals surface area contributed by atoms with Crippen molar-refractivity contribution >= 4 is 0 Å². The summed E-state index contributed by atoms with van der Waals surface area (Å²) in [5.74, 6) is 0.822. The molecule has 4 nitrogen and oxygen atoms in total. The summed E-state index contributed by atoms with van der Waals surface area (Å²) in [6, 6.07) is 20.7. The summed E-state index contributed by atoms with van der Waals surface area (Å²) in [5, 5.41) is 0. The molecule has 3 aromatic carbocycles. The molecule has 2 saturated heterocycles. The number of hydrogen-bond acceptors (Lipinski definition) is 4. The molecule has 2 aliphatic heterocycles. The Bertz CT molecular complexity index is 993. The van der Waals surface area contributed by atoms with E-state index in [1.165, 1.54) is 17.2 Å². The van der Waals surface area contributed by atoms with Gasteiger partial charge >= 0.3 is 0 Å². The first-order valence-electron chi connectivity index (χ1n) is 10.2. The third kappa shape index (κ3) is 4.99. The molecule has 0 bridgehead atoms. The summed E-state index contributed by atoms with van der Waals surface area (Å²) in [6.45, 7) is 1.70. The number of halogens is 1. The predicted molar refractivity (Wildman–Crippen MR) is 111 cm³/mol. The zero-order valence-electron chi connectivity index (χ0n) is 16.6. The highest BCUT2D eigenvalue weighted by Crippen LogP contribution is 2.27. The molecule has 3 aromatic rings. The third-order valence-electron chi connectivity index (χ3n) is 5.31. The second kappa shape index (κ2) is 8.46. The van der Waals surface area contributed by atoms with E-state index < -0.39 is 0 Å². The highest BCUT2D eigenvalue weighted by atomic mass is 19.1. The highest BCUT2D eigenvalue weighted by Gasteiger charge is 2.23. The fourth-order valence-electron chi connectivity index (χ4n) is 3.42. The first-order chi connectivity index (χ1) is 14.7. The molecule has 2 fully saturated rings. The molecular formula is C25H23FO4. The molecule has 0 saturated carbocycles. The van der Waals surface area contributed by atoms with Gasteiger partial charge in [0, 0.05) is 24.5 Å². The fourth-order valence-corrected chi connectivity index (χ4v) is 3.42. The van der Waals surface area contributed by atoms with Gasteiger partial charge in [0.15, 0.2) is 0 Å². The van der Waals surface area contributed by atoms with Gasteiger partial charge in [-0.1, -0.05) is 36.4 Å². The average Bonchev–Trinajstić information content (AvgIpc) is 3.68. The smallest absolute Gasteiger partial charge is 0.230 e. The lowest BCUT2D eigenvalue weighted by atomic mass is 10.0. The van der Waals surface area contributed by atoms with Gasteiger partial charge in [0.1, 0.15) is 17.3 Å². The van der Waals surface area contributed by atoms with Crippen LogP contribution < -0.4 is 9.47 Å². The maximum atomic E-state index is 14.6. The first kappa shape index (κ1) is 19.1. The van der Waals surface area contributed by atoms with E-state index >= 15 is 0 Å². The molecule has 0 N–H and O–H groups in total. The van der Waals surface area contributed by atoms with Crippen LogP contribution in [-0.4, -0.2) is 32.2 Å². The fraction of sp³-hybridized carbons (Fsp3) is 0.280. The Labute approximate surface area is 175 Å². The van der Waals surface area contributed by atoms with E-state index in [1.807, 2.05) is 48.5 Å². The quantitative estimate of drug-likeness (QED) is 0.379. The number of benzene rings is 3. The summed E-state index contributed by atoms with van der Waals surface area (Å²) < 4.78 is 36.3. The highest BCUT2D eigenvalue weighted by molar-refractivity contribution is 5.65. The van der Waals surface area contributed by atoms with Crippen LogP contribution in [0.15, 0.2) is 66.7 Å². The van der Waals surface area contributed by atoms with Gasteiger partial charge in [0.25, 0.3) is 0 Å². The van der Waals surface area contributed by atoms with E-state index in [-0.39, 0.29) is 12.6 Å². The van der Waals surface area contributed by atoms with Crippen molar-refractivity contribution in [3.05, 3.63) is 83.7 Å². The molecule has 2 aliphatic rings. The van der Waals surface area contributed by atoms with Crippen molar-refractivity contribution in [1.82, 2.24) is 0 Å². The van der Waals surface area contributed by atoms with Gasteiger partial charge in [-0.15, -0.1) is 0 Å². The van der Waals surface area contributed by atoms with Crippen LogP contribution in [0.25, 0.3) is 11.1 Å². The van der Waals surface area contributed by atoms with E-state index in [0.29, 0.717) is 29.3 Å². The van der Waals surface area contributed by atoms with Crippen LogP contribution >= 0.6 is 0 Å². The molecule has 0 aliphatic carbocycles. The van der Waals surface area contributed by atoms with Crippen molar-refractivity contribution in [2.75, 3.05) is 20.0 Å². The number of hydrogen-bond donors (Lipinski definition) is 0. The van der Waals surface area contributed by atoms with Gasteiger partial charge in [0.05, 0.1) is 25.4 Å². The number of rotatable bonds is 9. The summed E-state index contributed by atoms with van der Waals surface area (Å²) in [4.78, 5) is 0. The average molecular weight is 406 g/mol. The van der Waals surface area contributed by atoms with Crippen molar-refractivity contribution in [2.45, 2.75) is 25.0 Å². The summed E-state index contributed by atoms with van der Waals surface area (Å²) in [5.41, 5.74) is 3.81. The lowest BCUT2D eigenvalue weighted by Crippen LogP contribution is -2.06. The molecule has 2 heterocycles. The maximum absolute atomic E-state index is 14.6. The van der Waals surface area contributed by atoms with Gasteiger partial charge < -0.3 is 18.9 Å². The first-order valence-corrected chi connectivity index (χ1v) is 10.2. The molecule has 2 atom stereocenters. The summed E-state index contributed by atoms with van der Waals surface area (Å²) in [6.07, 6.45) is 2.56. The minimum Gasteiger partial charge on any atom is -0.458 e. The molecule has 154 valence electrons. The Morgan fingerprint density at radius 3 is 1.83 bits per heavy atom. The predicted octanol–water partition coefficient (Wildman–Crippen LogP) is 4.79. The van der Waals surface area contributed by atoms with Gasteiger partial charge in [-0.05, 0) is 41.0 Å². The number of ether oxygens (including phenoxy) is 4. The topological polar surface area (TPSA) is 43.5 Å². The summed E-state index contributed by atoms with van der Waals surface area (Å²) >= 11 is 0. The van der Waals surface area contributed by atoms with Crippen LogP contribution in [0.2, 0.25) is 0 Å². The molecule has 5 heteroatoms. The van der Waals surface area contributed by atoms with Gasteiger partial charge in [-0.25, -0.2) is 4.39 Å². The van der Waals surface area contributed by atoms with Crippen LogP contribution in [0.1, 0.15) is 11.1 Å². The van der Waals surface area contributed by atoms with E-state index in [0.717, 1.165) is 31.6 Å². The summed E-state index contributed by atoms with van der Waals surface area (Å²) in [7, 11) is 0. The molecular weight excluding hydrogens is 383 g/mol. The molecule has 2 unspecified atom stereocenters.